The molecule has 5 nitrogen and oxygen atoms in total. The molecule has 1 amide bonds. The fraction of sp³-hybridized carbons (Fsp3) is 0.611. The summed E-state index contributed by atoms with van der Waals surface area (Å²) in [5.41, 5.74) is -0.185. The summed E-state index contributed by atoms with van der Waals surface area (Å²) in [5, 5.41) is 2.58. The first-order valence-electron chi connectivity index (χ1n) is 9.13. The maximum atomic E-state index is 13.1. The van der Waals surface area contributed by atoms with Crippen LogP contribution < -0.4 is 10.2 Å². The number of hydrogen-bond acceptors (Lipinski definition) is 4. The molecule has 2 heterocycles. The van der Waals surface area contributed by atoms with Crippen molar-refractivity contribution in [1.82, 2.24) is 0 Å². The van der Waals surface area contributed by atoms with Crippen molar-refractivity contribution < 1.29 is 26.4 Å². The number of nitrogens with one attached hydrogen (secondary N) is 1. The minimum absolute atomic E-state index is 0.0628. The molecule has 2 saturated heterocycles. The molecule has 1 aromatic carbocycles. The Labute approximate surface area is 156 Å². The Morgan fingerprint density at radius 3 is 2.33 bits per heavy atom. The zero-order chi connectivity index (χ0) is 19.7. The third kappa shape index (κ3) is 4.94. The number of alkyl halides is 3. The maximum Gasteiger partial charge on any atom is 0.416 e. The highest BCUT2D eigenvalue weighted by molar-refractivity contribution is 7.91. The predicted octanol–water partition coefficient (Wildman–Crippen LogP) is 3.46. The molecule has 0 bridgehead atoms. The minimum Gasteiger partial charge on any atom is -0.370 e. The lowest BCUT2D eigenvalue weighted by Gasteiger charge is -2.26. The van der Waals surface area contributed by atoms with Gasteiger partial charge in [-0.1, -0.05) is 12.8 Å². The molecule has 0 aromatic heterocycles. The fourth-order valence-electron chi connectivity index (χ4n) is 3.64. The Balaban J connectivity index is 1.88. The van der Waals surface area contributed by atoms with Gasteiger partial charge in [0.05, 0.1) is 34.4 Å². The second-order valence-corrected chi connectivity index (χ2v) is 9.45. The molecule has 27 heavy (non-hydrogen) atoms. The van der Waals surface area contributed by atoms with Crippen molar-refractivity contribution in [2.45, 2.75) is 38.3 Å². The van der Waals surface area contributed by atoms with Crippen molar-refractivity contribution in [2.75, 3.05) is 34.8 Å². The van der Waals surface area contributed by atoms with Gasteiger partial charge in [-0.05, 0) is 37.5 Å². The highest BCUT2D eigenvalue weighted by Crippen LogP contribution is 2.36. The van der Waals surface area contributed by atoms with Gasteiger partial charge >= 0.3 is 6.18 Å². The van der Waals surface area contributed by atoms with Gasteiger partial charge in [-0.15, -0.1) is 0 Å². The lowest BCUT2D eigenvalue weighted by atomic mass is 10.1. The van der Waals surface area contributed by atoms with Gasteiger partial charge in [0.25, 0.3) is 0 Å². The second kappa shape index (κ2) is 7.69. The number of carbonyl (C=O) groups is 1. The molecular formula is C18H23F3N2O3S. The predicted molar refractivity (Wildman–Crippen MR) is 97.5 cm³/mol. The first-order chi connectivity index (χ1) is 12.7. The van der Waals surface area contributed by atoms with Gasteiger partial charge in [-0.3, -0.25) is 4.79 Å². The Bertz CT molecular complexity index is 801. The van der Waals surface area contributed by atoms with Gasteiger partial charge in [0.2, 0.25) is 5.91 Å². The van der Waals surface area contributed by atoms with Crippen molar-refractivity contribution in [3.8, 4) is 0 Å². The molecule has 2 fully saturated rings. The number of amides is 1. The van der Waals surface area contributed by atoms with E-state index >= 15 is 0 Å². The van der Waals surface area contributed by atoms with E-state index in [1.807, 2.05) is 4.90 Å². The smallest absolute Gasteiger partial charge is 0.370 e. The van der Waals surface area contributed by atoms with Crippen LogP contribution in [0.2, 0.25) is 0 Å². The maximum absolute atomic E-state index is 13.1. The van der Waals surface area contributed by atoms with Gasteiger partial charge in [-0.2, -0.15) is 13.2 Å². The largest absolute Gasteiger partial charge is 0.416 e. The zero-order valence-electron chi connectivity index (χ0n) is 14.9. The van der Waals surface area contributed by atoms with Gasteiger partial charge in [0, 0.05) is 13.1 Å². The third-order valence-corrected chi connectivity index (χ3v) is 6.90. The minimum atomic E-state index is -4.52. The van der Waals surface area contributed by atoms with Crippen LogP contribution >= 0.6 is 0 Å². The summed E-state index contributed by atoms with van der Waals surface area (Å²) in [5.74, 6) is -1.57. The number of anilines is 2. The van der Waals surface area contributed by atoms with Crippen LogP contribution in [-0.2, 0) is 20.8 Å². The summed E-state index contributed by atoms with van der Waals surface area (Å²) in [6, 6.07) is 3.37. The number of halogens is 3. The standard InChI is InChI=1S/C18H23F3N2O3S/c19-18(20,21)14-5-6-16(23-8-3-1-2-4-9-23)15(11-14)22-17(24)13-7-10-27(25,26)12-13/h5-6,11,13H,1-4,7-10,12H2,(H,22,24)/t13-/m0/s1. The average Bonchev–Trinajstić information content (AvgIpc) is 2.80. The summed E-state index contributed by atoms with van der Waals surface area (Å²) >= 11 is 0. The van der Waals surface area contributed by atoms with E-state index < -0.39 is 33.4 Å². The first-order valence-corrected chi connectivity index (χ1v) is 11.0. The molecule has 0 radical (unpaired) electrons. The monoisotopic (exact) mass is 404 g/mol. The molecular weight excluding hydrogens is 381 g/mol. The molecule has 2 aliphatic rings. The Morgan fingerprint density at radius 2 is 1.78 bits per heavy atom. The molecule has 0 spiro atoms. The average molecular weight is 404 g/mol. The number of sulfone groups is 1. The van der Waals surface area contributed by atoms with E-state index in [9.17, 15) is 26.4 Å². The van der Waals surface area contributed by atoms with Crippen molar-refractivity contribution >= 4 is 27.1 Å². The number of hydrogen-bond donors (Lipinski definition) is 1. The Hall–Kier alpha value is -1.77. The van der Waals surface area contributed by atoms with E-state index in [1.54, 1.807) is 0 Å². The lowest BCUT2D eigenvalue weighted by Crippen LogP contribution is -2.28. The fourth-order valence-corrected chi connectivity index (χ4v) is 5.38. The van der Waals surface area contributed by atoms with Gasteiger partial charge in [-0.25, -0.2) is 8.42 Å². The normalized spacial score (nSPS) is 23.1. The van der Waals surface area contributed by atoms with Gasteiger partial charge in [0.15, 0.2) is 9.84 Å². The molecule has 0 aliphatic carbocycles. The van der Waals surface area contributed by atoms with E-state index in [2.05, 4.69) is 5.32 Å². The SMILES string of the molecule is O=C(Nc1cc(C(F)(F)F)ccc1N1CCCCCC1)[C@H]1CCS(=O)(=O)C1. The molecule has 1 N–H and O–H groups in total. The molecule has 1 aromatic rings. The van der Waals surface area contributed by atoms with E-state index in [0.29, 0.717) is 18.8 Å². The van der Waals surface area contributed by atoms with Crippen molar-refractivity contribution in [3.05, 3.63) is 23.8 Å². The van der Waals surface area contributed by atoms with Crippen LogP contribution in [-0.4, -0.2) is 38.9 Å². The van der Waals surface area contributed by atoms with Crippen molar-refractivity contribution in [3.63, 3.8) is 0 Å². The van der Waals surface area contributed by atoms with Crippen LogP contribution in [0.4, 0.5) is 24.5 Å². The molecule has 0 saturated carbocycles. The van der Waals surface area contributed by atoms with Crippen molar-refractivity contribution in [1.29, 1.82) is 0 Å². The Kier molecular flexibility index (Phi) is 5.69. The molecule has 1 atom stereocenters. The van der Waals surface area contributed by atoms with Crippen molar-refractivity contribution in [2.24, 2.45) is 5.92 Å². The molecule has 2 aliphatic heterocycles. The summed E-state index contributed by atoms with van der Waals surface area (Å²) in [7, 11) is -3.25. The summed E-state index contributed by atoms with van der Waals surface area (Å²) in [6.07, 6.45) is -0.304. The summed E-state index contributed by atoms with van der Waals surface area (Å²) in [6.45, 7) is 1.43. The Morgan fingerprint density at radius 1 is 1.11 bits per heavy atom. The highest BCUT2D eigenvalue weighted by Gasteiger charge is 2.35. The van der Waals surface area contributed by atoms with Gasteiger partial charge in [0.1, 0.15) is 0 Å². The highest BCUT2D eigenvalue weighted by atomic mass is 32.2. The van der Waals surface area contributed by atoms with Crippen LogP contribution in [0.1, 0.15) is 37.7 Å². The quantitative estimate of drug-likeness (QED) is 0.838. The number of carbonyl (C=O) groups excluding carboxylic acids is 1. The van der Waals surface area contributed by atoms with E-state index in [0.717, 1.165) is 37.8 Å². The van der Waals surface area contributed by atoms with Crippen LogP contribution in [0.3, 0.4) is 0 Å². The summed E-state index contributed by atoms with van der Waals surface area (Å²) in [4.78, 5) is 14.5. The molecule has 9 heteroatoms. The first kappa shape index (κ1) is 20.0. The second-order valence-electron chi connectivity index (χ2n) is 7.22. The third-order valence-electron chi connectivity index (χ3n) is 5.13. The van der Waals surface area contributed by atoms with Crippen LogP contribution in [0, 0.1) is 5.92 Å². The van der Waals surface area contributed by atoms with Crippen LogP contribution in [0.15, 0.2) is 18.2 Å². The molecule has 150 valence electrons. The number of rotatable bonds is 3. The topological polar surface area (TPSA) is 66.5 Å². The molecule has 0 unspecified atom stereocenters. The van der Waals surface area contributed by atoms with E-state index in [-0.39, 0.29) is 23.6 Å². The zero-order valence-corrected chi connectivity index (χ0v) is 15.7. The van der Waals surface area contributed by atoms with Crippen LogP contribution in [0.5, 0.6) is 0 Å². The number of nitrogens with zero attached hydrogens (tertiary/aromatic N) is 1. The molecule has 3 rings (SSSR count). The van der Waals surface area contributed by atoms with E-state index in [1.165, 1.54) is 6.07 Å². The lowest BCUT2D eigenvalue weighted by molar-refractivity contribution is -0.137. The van der Waals surface area contributed by atoms with Gasteiger partial charge < -0.3 is 10.2 Å². The number of benzene rings is 1. The summed E-state index contributed by atoms with van der Waals surface area (Å²) < 4.78 is 62.6. The van der Waals surface area contributed by atoms with Crippen LogP contribution in [0.25, 0.3) is 0 Å². The van der Waals surface area contributed by atoms with E-state index in [4.69, 9.17) is 0 Å².